The summed E-state index contributed by atoms with van der Waals surface area (Å²) in [5.41, 5.74) is 0. The summed E-state index contributed by atoms with van der Waals surface area (Å²) in [5, 5.41) is 5.17. The first-order valence-electron chi connectivity index (χ1n) is 6.17. The lowest BCUT2D eigenvalue weighted by molar-refractivity contribution is 0.179. The first-order valence-corrected chi connectivity index (χ1v) is 7.05. The largest absolute Gasteiger partial charge is 0.383 e. The molecule has 2 unspecified atom stereocenters. The van der Waals surface area contributed by atoms with Gasteiger partial charge in [0.25, 0.3) is 0 Å². The zero-order chi connectivity index (χ0) is 12.0. The maximum atomic E-state index is 5.10. The monoisotopic (exact) mass is 244 g/mol. The maximum Gasteiger partial charge on any atom is 0.157 e. The van der Waals surface area contributed by atoms with Crippen molar-refractivity contribution in [3.63, 3.8) is 0 Å². The van der Waals surface area contributed by atoms with Crippen LogP contribution in [0.1, 0.15) is 33.6 Å². The minimum Gasteiger partial charge on any atom is -0.383 e. The average molecular weight is 244 g/mol. The predicted molar refractivity (Wildman–Crippen MR) is 72.2 cm³/mol. The van der Waals surface area contributed by atoms with Crippen LogP contribution >= 0.6 is 11.8 Å². The molecule has 0 bridgehead atoms. The molecule has 94 valence electrons. The molecule has 0 aromatic heterocycles. The highest BCUT2D eigenvalue weighted by Gasteiger charge is 2.26. The van der Waals surface area contributed by atoms with Gasteiger partial charge in [-0.25, -0.2) is 0 Å². The molecule has 0 amide bonds. The number of rotatable bonds is 6. The van der Waals surface area contributed by atoms with Gasteiger partial charge in [0, 0.05) is 18.4 Å². The summed E-state index contributed by atoms with van der Waals surface area (Å²) in [5.74, 6) is 0.797. The second-order valence-electron chi connectivity index (χ2n) is 4.38. The summed E-state index contributed by atoms with van der Waals surface area (Å²) < 4.78 is 5.10. The van der Waals surface area contributed by atoms with Gasteiger partial charge in [-0.05, 0) is 12.8 Å². The van der Waals surface area contributed by atoms with Gasteiger partial charge in [0.15, 0.2) is 5.17 Å². The molecule has 4 heteroatoms. The van der Waals surface area contributed by atoms with E-state index in [1.807, 2.05) is 11.8 Å². The molecule has 1 N–H and O–H groups in total. The number of nitrogens with one attached hydrogen (secondary N) is 1. The van der Waals surface area contributed by atoms with E-state index in [1.54, 1.807) is 7.11 Å². The molecule has 1 rings (SSSR count). The lowest BCUT2D eigenvalue weighted by atomic mass is 9.99. The summed E-state index contributed by atoms with van der Waals surface area (Å²) in [7, 11) is 1.73. The standard InChI is InChI=1S/C12H24N2OS/c1-5-10(6-2)11-7-13-12(16-11)14-9(3)8-15-4/h9-11H,5-8H2,1-4H3,(H,13,14). The van der Waals surface area contributed by atoms with Crippen LogP contribution in [0.3, 0.4) is 0 Å². The number of methoxy groups -OCH3 is 1. The van der Waals surface area contributed by atoms with Crippen molar-refractivity contribution < 1.29 is 4.74 Å². The quantitative estimate of drug-likeness (QED) is 0.779. The first kappa shape index (κ1) is 13.8. The van der Waals surface area contributed by atoms with Gasteiger partial charge in [0.05, 0.1) is 13.2 Å². The molecular weight excluding hydrogens is 220 g/mol. The van der Waals surface area contributed by atoms with Crippen LogP contribution in [0.2, 0.25) is 0 Å². The van der Waals surface area contributed by atoms with Crippen LogP contribution in [0.15, 0.2) is 4.99 Å². The van der Waals surface area contributed by atoms with Crippen molar-refractivity contribution in [1.82, 2.24) is 5.32 Å². The summed E-state index contributed by atoms with van der Waals surface area (Å²) >= 11 is 1.91. The van der Waals surface area contributed by atoms with Gasteiger partial charge in [0.1, 0.15) is 0 Å². The Morgan fingerprint density at radius 1 is 1.50 bits per heavy atom. The number of nitrogens with zero attached hydrogens (tertiary/aromatic N) is 1. The van der Waals surface area contributed by atoms with Crippen molar-refractivity contribution in [1.29, 1.82) is 0 Å². The van der Waals surface area contributed by atoms with E-state index in [0.717, 1.165) is 24.2 Å². The van der Waals surface area contributed by atoms with Gasteiger partial charge in [-0.3, -0.25) is 4.99 Å². The number of ether oxygens (including phenoxy) is 1. The molecule has 0 aromatic rings. The fourth-order valence-corrected chi connectivity index (χ4v) is 3.46. The molecule has 1 aliphatic heterocycles. The van der Waals surface area contributed by atoms with Gasteiger partial charge in [-0.15, -0.1) is 0 Å². The van der Waals surface area contributed by atoms with E-state index in [2.05, 4.69) is 31.1 Å². The maximum absolute atomic E-state index is 5.10. The SMILES string of the molecule is CCC(CC)C1CN=C(NC(C)COC)S1. The Hall–Kier alpha value is -0.220. The van der Waals surface area contributed by atoms with E-state index >= 15 is 0 Å². The number of hydrogen-bond donors (Lipinski definition) is 1. The Morgan fingerprint density at radius 3 is 2.75 bits per heavy atom. The van der Waals surface area contributed by atoms with Gasteiger partial charge in [0.2, 0.25) is 0 Å². The number of aliphatic imine (C=N–C) groups is 1. The lowest BCUT2D eigenvalue weighted by Gasteiger charge is -2.19. The summed E-state index contributed by atoms with van der Waals surface area (Å²) in [6.45, 7) is 8.37. The molecule has 3 nitrogen and oxygen atoms in total. The van der Waals surface area contributed by atoms with Crippen LogP contribution in [-0.2, 0) is 4.74 Å². The normalized spacial score (nSPS) is 22.3. The number of hydrogen-bond acceptors (Lipinski definition) is 4. The van der Waals surface area contributed by atoms with Crippen molar-refractivity contribution in [2.45, 2.75) is 44.9 Å². The second kappa shape index (κ2) is 7.17. The molecule has 0 spiro atoms. The Balaban J connectivity index is 2.33. The minimum atomic E-state index is 0.344. The molecule has 0 fully saturated rings. The summed E-state index contributed by atoms with van der Waals surface area (Å²) in [6.07, 6.45) is 2.51. The van der Waals surface area contributed by atoms with E-state index in [1.165, 1.54) is 12.8 Å². The first-order chi connectivity index (χ1) is 7.71. The van der Waals surface area contributed by atoms with E-state index in [4.69, 9.17) is 4.74 Å². The van der Waals surface area contributed by atoms with Gasteiger partial charge < -0.3 is 10.1 Å². The van der Waals surface area contributed by atoms with Gasteiger partial charge in [-0.1, -0.05) is 38.5 Å². The third-order valence-electron chi connectivity index (χ3n) is 3.04. The van der Waals surface area contributed by atoms with E-state index in [9.17, 15) is 0 Å². The zero-order valence-electron chi connectivity index (χ0n) is 10.8. The lowest BCUT2D eigenvalue weighted by Crippen LogP contribution is -2.33. The average Bonchev–Trinajstić information content (AvgIpc) is 2.68. The Bertz CT molecular complexity index is 229. The van der Waals surface area contributed by atoms with Gasteiger partial charge in [-0.2, -0.15) is 0 Å². The third kappa shape index (κ3) is 3.98. The highest BCUT2D eigenvalue weighted by atomic mass is 32.2. The van der Waals surface area contributed by atoms with Crippen LogP contribution < -0.4 is 5.32 Å². The highest BCUT2D eigenvalue weighted by molar-refractivity contribution is 8.14. The van der Waals surface area contributed by atoms with Gasteiger partial charge >= 0.3 is 0 Å². The Kier molecular flexibility index (Phi) is 6.21. The topological polar surface area (TPSA) is 33.6 Å². The molecule has 0 saturated carbocycles. The molecular formula is C12H24N2OS. The second-order valence-corrected chi connectivity index (χ2v) is 5.61. The highest BCUT2D eigenvalue weighted by Crippen LogP contribution is 2.30. The Labute approximate surface area is 103 Å². The molecule has 0 aromatic carbocycles. The molecule has 16 heavy (non-hydrogen) atoms. The summed E-state index contributed by atoms with van der Waals surface area (Å²) in [4.78, 5) is 4.57. The zero-order valence-corrected chi connectivity index (χ0v) is 11.6. The minimum absolute atomic E-state index is 0.344. The third-order valence-corrected chi connectivity index (χ3v) is 4.35. The van der Waals surface area contributed by atoms with E-state index in [0.29, 0.717) is 11.3 Å². The summed E-state index contributed by atoms with van der Waals surface area (Å²) in [6, 6.07) is 0.344. The fourth-order valence-electron chi connectivity index (χ4n) is 2.03. The van der Waals surface area contributed by atoms with Crippen molar-refractivity contribution >= 4 is 16.9 Å². The van der Waals surface area contributed by atoms with Crippen molar-refractivity contribution in [2.24, 2.45) is 10.9 Å². The van der Waals surface area contributed by atoms with Crippen LogP contribution in [0.4, 0.5) is 0 Å². The molecule has 0 aliphatic carbocycles. The van der Waals surface area contributed by atoms with E-state index < -0.39 is 0 Å². The van der Waals surface area contributed by atoms with Crippen LogP contribution in [0, 0.1) is 5.92 Å². The fraction of sp³-hybridized carbons (Fsp3) is 0.917. The number of amidine groups is 1. The molecule has 2 atom stereocenters. The molecule has 0 saturated heterocycles. The smallest absolute Gasteiger partial charge is 0.157 e. The predicted octanol–water partition coefficient (Wildman–Crippen LogP) is 2.52. The van der Waals surface area contributed by atoms with Crippen LogP contribution in [-0.4, -0.2) is 36.7 Å². The number of thioether (sulfide) groups is 1. The van der Waals surface area contributed by atoms with Crippen molar-refractivity contribution in [3.05, 3.63) is 0 Å². The molecule has 1 aliphatic rings. The Morgan fingerprint density at radius 2 is 2.19 bits per heavy atom. The van der Waals surface area contributed by atoms with E-state index in [-0.39, 0.29) is 0 Å². The van der Waals surface area contributed by atoms with Crippen LogP contribution in [0.25, 0.3) is 0 Å². The molecule has 0 radical (unpaired) electrons. The molecule has 1 heterocycles. The van der Waals surface area contributed by atoms with Crippen LogP contribution in [0.5, 0.6) is 0 Å². The van der Waals surface area contributed by atoms with Crippen molar-refractivity contribution in [2.75, 3.05) is 20.3 Å². The van der Waals surface area contributed by atoms with Crippen molar-refractivity contribution in [3.8, 4) is 0 Å².